The molecule has 1 aliphatic carbocycles. The van der Waals surface area contributed by atoms with E-state index in [1.165, 1.54) is 17.3 Å². The van der Waals surface area contributed by atoms with E-state index in [0.717, 1.165) is 29.7 Å². The van der Waals surface area contributed by atoms with E-state index >= 15 is 0 Å². The second-order valence-electron chi connectivity index (χ2n) is 6.44. The van der Waals surface area contributed by atoms with Gasteiger partial charge < -0.3 is 9.72 Å². The Bertz CT molecular complexity index is 862. The first kappa shape index (κ1) is 17.7. The predicted molar refractivity (Wildman–Crippen MR) is 99.0 cm³/mol. The minimum absolute atomic E-state index is 0.116. The van der Waals surface area contributed by atoms with Gasteiger partial charge in [-0.1, -0.05) is 49.9 Å². The van der Waals surface area contributed by atoms with Gasteiger partial charge in [-0.15, -0.1) is 0 Å². The quantitative estimate of drug-likeness (QED) is 0.504. The molecule has 0 amide bonds. The van der Waals surface area contributed by atoms with Crippen molar-refractivity contribution in [2.75, 3.05) is 12.4 Å². The van der Waals surface area contributed by atoms with Crippen LogP contribution >= 0.6 is 11.8 Å². The number of nitrogens with zero attached hydrogens (tertiary/aromatic N) is 1. The van der Waals surface area contributed by atoms with Crippen LogP contribution in [-0.2, 0) is 21.4 Å². The van der Waals surface area contributed by atoms with Crippen LogP contribution in [0.15, 0.2) is 34.2 Å². The number of fused-ring (bicyclic) bond motifs is 3. The third kappa shape index (κ3) is 3.35. The molecule has 1 heterocycles. The van der Waals surface area contributed by atoms with Gasteiger partial charge in [0.1, 0.15) is 0 Å². The SMILES string of the molecule is CCOC(=O)CSc1nc2c(c(=O)[nH]1)[C@@](C)(CC)Cc1ccccc1-2. The number of H-pyrrole nitrogens is 1. The minimum atomic E-state index is -0.313. The fourth-order valence-electron chi connectivity index (χ4n) is 3.32. The van der Waals surface area contributed by atoms with E-state index in [-0.39, 0.29) is 22.7 Å². The maximum Gasteiger partial charge on any atom is 0.316 e. The van der Waals surface area contributed by atoms with Crippen LogP contribution in [-0.4, -0.2) is 28.3 Å². The van der Waals surface area contributed by atoms with Gasteiger partial charge in [0.2, 0.25) is 0 Å². The number of benzene rings is 1. The molecular formula is C19H22N2O3S. The molecule has 1 aliphatic rings. The molecule has 0 aliphatic heterocycles. The van der Waals surface area contributed by atoms with E-state index < -0.39 is 0 Å². The molecule has 0 saturated carbocycles. The molecule has 1 N–H and O–H groups in total. The molecular weight excluding hydrogens is 336 g/mol. The second kappa shape index (κ2) is 7.04. The van der Waals surface area contributed by atoms with E-state index in [4.69, 9.17) is 9.72 Å². The lowest BCUT2D eigenvalue weighted by molar-refractivity contribution is -0.139. The van der Waals surface area contributed by atoms with Crippen molar-refractivity contribution >= 4 is 17.7 Å². The Balaban J connectivity index is 2.05. The third-order valence-corrected chi connectivity index (χ3v) is 5.61. The first-order valence-corrected chi connectivity index (χ1v) is 9.48. The van der Waals surface area contributed by atoms with Gasteiger partial charge in [0.05, 0.1) is 18.1 Å². The standard InChI is InChI=1S/C19H22N2O3S/c1-4-19(3)10-12-8-6-7-9-13(12)16-15(19)17(23)21-18(20-16)25-11-14(22)24-5-2/h6-9H,4-5,10-11H2,1-3H3,(H,20,21,23)/t19-/m0/s1. The number of hydrogen-bond donors (Lipinski definition) is 1. The van der Waals surface area contributed by atoms with Gasteiger partial charge in [-0.05, 0) is 25.3 Å². The molecule has 0 spiro atoms. The van der Waals surface area contributed by atoms with E-state index in [1.807, 2.05) is 18.2 Å². The van der Waals surface area contributed by atoms with Crippen molar-refractivity contribution in [2.24, 2.45) is 0 Å². The van der Waals surface area contributed by atoms with Crippen LogP contribution in [0.2, 0.25) is 0 Å². The Morgan fingerprint density at radius 3 is 2.84 bits per heavy atom. The van der Waals surface area contributed by atoms with E-state index in [1.54, 1.807) is 6.92 Å². The summed E-state index contributed by atoms with van der Waals surface area (Å²) in [5.41, 5.74) is 3.34. The fourth-order valence-corrected chi connectivity index (χ4v) is 3.98. The van der Waals surface area contributed by atoms with Gasteiger partial charge in [0, 0.05) is 16.5 Å². The van der Waals surface area contributed by atoms with Crippen LogP contribution in [0.3, 0.4) is 0 Å². The molecule has 0 saturated heterocycles. The molecule has 1 aromatic heterocycles. The maximum atomic E-state index is 12.8. The molecule has 0 unspecified atom stereocenters. The van der Waals surface area contributed by atoms with Crippen molar-refractivity contribution in [1.29, 1.82) is 0 Å². The van der Waals surface area contributed by atoms with Gasteiger partial charge in [-0.3, -0.25) is 9.59 Å². The molecule has 1 atom stereocenters. The van der Waals surface area contributed by atoms with Crippen molar-refractivity contribution < 1.29 is 9.53 Å². The number of rotatable bonds is 5. The average molecular weight is 358 g/mol. The molecule has 5 nitrogen and oxygen atoms in total. The molecule has 3 rings (SSSR count). The minimum Gasteiger partial charge on any atom is -0.465 e. The van der Waals surface area contributed by atoms with Crippen LogP contribution in [0.1, 0.15) is 38.3 Å². The molecule has 6 heteroatoms. The van der Waals surface area contributed by atoms with Crippen molar-refractivity contribution in [3.8, 4) is 11.3 Å². The number of nitrogens with one attached hydrogen (secondary N) is 1. The van der Waals surface area contributed by atoms with Crippen LogP contribution < -0.4 is 5.56 Å². The molecule has 2 aromatic rings. The summed E-state index contributed by atoms with van der Waals surface area (Å²) in [5.74, 6) is -0.186. The predicted octanol–water partition coefficient (Wildman–Crippen LogP) is 3.32. The summed E-state index contributed by atoms with van der Waals surface area (Å²) in [6.45, 7) is 6.32. The Labute approximate surface area is 151 Å². The van der Waals surface area contributed by atoms with Crippen molar-refractivity contribution in [3.05, 3.63) is 45.7 Å². The fraction of sp³-hybridized carbons (Fsp3) is 0.421. The van der Waals surface area contributed by atoms with Crippen molar-refractivity contribution in [2.45, 2.75) is 44.2 Å². The van der Waals surface area contributed by atoms with Crippen LogP contribution in [0.25, 0.3) is 11.3 Å². The molecule has 0 fully saturated rings. The Morgan fingerprint density at radius 1 is 1.36 bits per heavy atom. The first-order valence-electron chi connectivity index (χ1n) is 8.50. The molecule has 1 aromatic carbocycles. The smallest absolute Gasteiger partial charge is 0.316 e. The highest BCUT2D eigenvalue weighted by molar-refractivity contribution is 7.99. The lowest BCUT2D eigenvalue weighted by Gasteiger charge is -2.34. The van der Waals surface area contributed by atoms with E-state index in [0.29, 0.717) is 11.8 Å². The molecule has 132 valence electrons. The third-order valence-electron chi connectivity index (χ3n) is 4.77. The van der Waals surface area contributed by atoms with Crippen LogP contribution in [0.5, 0.6) is 0 Å². The number of esters is 1. The highest BCUT2D eigenvalue weighted by atomic mass is 32.2. The summed E-state index contributed by atoms with van der Waals surface area (Å²) < 4.78 is 4.93. The monoisotopic (exact) mass is 358 g/mol. The number of carbonyl (C=O) groups is 1. The number of hydrogen-bond acceptors (Lipinski definition) is 5. The molecule has 25 heavy (non-hydrogen) atoms. The molecule has 0 bridgehead atoms. The van der Waals surface area contributed by atoms with E-state index in [2.05, 4.69) is 24.9 Å². The maximum absolute atomic E-state index is 12.8. The Hall–Kier alpha value is -2.08. The topological polar surface area (TPSA) is 72.0 Å². The van der Waals surface area contributed by atoms with Gasteiger partial charge in [-0.25, -0.2) is 4.98 Å². The number of aromatic amines is 1. The lowest BCUT2D eigenvalue weighted by atomic mass is 9.69. The summed E-state index contributed by atoms with van der Waals surface area (Å²) in [6.07, 6.45) is 1.68. The molecule has 0 radical (unpaired) electrons. The summed E-state index contributed by atoms with van der Waals surface area (Å²) >= 11 is 1.20. The second-order valence-corrected chi connectivity index (χ2v) is 7.40. The van der Waals surface area contributed by atoms with Crippen LogP contribution in [0, 0.1) is 0 Å². The highest BCUT2D eigenvalue weighted by Crippen LogP contribution is 2.42. The van der Waals surface area contributed by atoms with Gasteiger partial charge in [-0.2, -0.15) is 0 Å². The zero-order chi connectivity index (χ0) is 18.0. The number of ether oxygens (including phenoxy) is 1. The zero-order valence-corrected chi connectivity index (χ0v) is 15.5. The van der Waals surface area contributed by atoms with Crippen molar-refractivity contribution in [3.63, 3.8) is 0 Å². The summed E-state index contributed by atoms with van der Waals surface area (Å²) in [4.78, 5) is 31.9. The van der Waals surface area contributed by atoms with Gasteiger partial charge >= 0.3 is 5.97 Å². The van der Waals surface area contributed by atoms with E-state index in [9.17, 15) is 9.59 Å². The number of carbonyl (C=O) groups excluding carboxylic acids is 1. The first-order chi connectivity index (χ1) is 12.0. The number of aromatic nitrogens is 2. The summed E-state index contributed by atoms with van der Waals surface area (Å²) in [7, 11) is 0. The van der Waals surface area contributed by atoms with Crippen molar-refractivity contribution in [1.82, 2.24) is 9.97 Å². The van der Waals surface area contributed by atoms with Crippen LogP contribution in [0.4, 0.5) is 0 Å². The van der Waals surface area contributed by atoms with Gasteiger partial charge in [0.25, 0.3) is 5.56 Å². The van der Waals surface area contributed by atoms with Gasteiger partial charge in [0.15, 0.2) is 5.16 Å². The Kier molecular flexibility index (Phi) is 4.99. The largest absolute Gasteiger partial charge is 0.465 e. The zero-order valence-electron chi connectivity index (χ0n) is 14.7. The summed E-state index contributed by atoms with van der Waals surface area (Å²) in [6, 6.07) is 8.09. The number of thioether (sulfide) groups is 1. The normalized spacial score (nSPS) is 18.4. The highest BCUT2D eigenvalue weighted by Gasteiger charge is 2.37. The average Bonchev–Trinajstić information content (AvgIpc) is 2.60. The summed E-state index contributed by atoms with van der Waals surface area (Å²) in [5, 5.41) is 0.451. The Morgan fingerprint density at radius 2 is 2.12 bits per heavy atom. The lowest BCUT2D eigenvalue weighted by Crippen LogP contribution is -2.36.